The maximum absolute atomic E-state index is 10.4. The summed E-state index contributed by atoms with van der Waals surface area (Å²) in [6.45, 7) is 7.54. The van der Waals surface area contributed by atoms with Crippen LogP contribution in [-0.2, 0) is 9.59 Å². The van der Waals surface area contributed by atoms with Crippen molar-refractivity contribution in [3.05, 3.63) is 0 Å². The number of hydrogen-bond donors (Lipinski definition) is 0. The fourth-order valence-electron chi connectivity index (χ4n) is 0.808. The third-order valence-corrected chi connectivity index (χ3v) is 1.53. The summed E-state index contributed by atoms with van der Waals surface area (Å²) >= 11 is 0. The average Bonchev–Trinajstić information content (AvgIpc) is 2.05. The van der Waals surface area contributed by atoms with Crippen molar-refractivity contribution in [2.75, 3.05) is 0 Å². The van der Waals surface area contributed by atoms with Crippen molar-refractivity contribution >= 4 is 11.6 Å². The van der Waals surface area contributed by atoms with E-state index < -0.39 is 0 Å². The van der Waals surface area contributed by atoms with Crippen molar-refractivity contribution in [2.45, 2.75) is 59.8 Å². The van der Waals surface area contributed by atoms with Crippen LogP contribution in [0.2, 0.25) is 0 Å². The first-order chi connectivity index (χ1) is 6.08. The first-order valence-corrected chi connectivity index (χ1v) is 5.09. The second-order valence-corrected chi connectivity index (χ2v) is 3.09. The summed E-state index contributed by atoms with van der Waals surface area (Å²) in [6.07, 6.45) is 4.17. The Balaban J connectivity index is 0. The minimum atomic E-state index is 0.289. The maximum atomic E-state index is 10.4. The molecule has 0 saturated heterocycles. The van der Waals surface area contributed by atoms with Gasteiger partial charge in [0.25, 0.3) is 0 Å². The molecule has 0 N–H and O–H groups in total. The molecule has 13 heavy (non-hydrogen) atoms. The summed E-state index contributed by atoms with van der Waals surface area (Å²) in [6, 6.07) is 0. The number of carbonyl (C=O) groups excluding carboxylic acids is 2. The quantitative estimate of drug-likeness (QED) is 0.661. The molecule has 0 spiro atoms. The van der Waals surface area contributed by atoms with E-state index in [1.165, 1.54) is 0 Å². The minimum absolute atomic E-state index is 0.289. The highest BCUT2D eigenvalue weighted by molar-refractivity contribution is 5.77. The molecule has 0 radical (unpaired) electrons. The molecular formula is C11H22O2. The number of hydrogen-bond acceptors (Lipinski definition) is 2. The molecule has 0 unspecified atom stereocenters. The van der Waals surface area contributed by atoms with Gasteiger partial charge >= 0.3 is 0 Å². The van der Waals surface area contributed by atoms with E-state index in [0.717, 1.165) is 25.7 Å². The van der Waals surface area contributed by atoms with Crippen molar-refractivity contribution in [1.82, 2.24) is 0 Å². The monoisotopic (exact) mass is 186 g/mol. The van der Waals surface area contributed by atoms with Gasteiger partial charge in [0.2, 0.25) is 0 Å². The number of rotatable bonds is 5. The summed E-state index contributed by atoms with van der Waals surface area (Å²) in [5.74, 6) is 0.667. The Labute approximate surface area is 81.7 Å². The van der Waals surface area contributed by atoms with Crippen LogP contribution in [-0.4, -0.2) is 11.6 Å². The molecule has 2 heteroatoms. The van der Waals surface area contributed by atoms with E-state index in [1.54, 1.807) is 6.92 Å². The minimum Gasteiger partial charge on any atom is -0.300 e. The Hall–Kier alpha value is -0.660. The molecule has 2 nitrogen and oxygen atoms in total. The Bertz CT molecular complexity index is 139. The second-order valence-electron chi connectivity index (χ2n) is 3.09. The van der Waals surface area contributed by atoms with E-state index in [1.807, 2.05) is 20.8 Å². The van der Waals surface area contributed by atoms with Gasteiger partial charge in [0.05, 0.1) is 0 Å². The van der Waals surface area contributed by atoms with Crippen molar-refractivity contribution in [1.29, 1.82) is 0 Å². The Kier molecular flexibility index (Phi) is 12.9. The lowest BCUT2D eigenvalue weighted by atomic mass is 10.2. The topological polar surface area (TPSA) is 34.1 Å². The van der Waals surface area contributed by atoms with Crippen LogP contribution in [0, 0.1) is 0 Å². The van der Waals surface area contributed by atoms with Gasteiger partial charge in [-0.2, -0.15) is 0 Å². The van der Waals surface area contributed by atoms with E-state index in [-0.39, 0.29) is 5.78 Å². The third kappa shape index (κ3) is 18.4. The molecule has 78 valence electrons. The molecule has 0 aliphatic heterocycles. The normalized spacial score (nSPS) is 8.62. The molecule has 0 amide bonds. The van der Waals surface area contributed by atoms with Crippen LogP contribution in [0.3, 0.4) is 0 Å². The summed E-state index contributed by atoms with van der Waals surface area (Å²) in [5, 5.41) is 0. The molecule has 0 atom stereocenters. The van der Waals surface area contributed by atoms with E-state index in [4.69, 9.17) is 0 Å². The molecule has 0 fully saturated rings. The first-order valence-electron chi connectivity index (χ1n) is 5.09. The Morgan fingerprint density at radius 2 is 1.38 bits per heavy atom. The van der Waals surface area contributed by atoms with Gasteiger partial charge in [-0.15, -0.1) is 0 Å². The number of ketones is 2. The van der Waals surface area contributed by atoms with Gasteiger partial charge in [-0.25, -0.2) is 0 Å². The van der Waals surface area contributed by atoms with Gasteiger partial charge in [-0.1, -0.05) is 20.8 Å². The molecule has 0 aromatic heterocycles. The highest BCUT2D eigenvalue weighted by Gasteiger charge is 1.91. The molecule has 0 aromatic rings. The standard InChI is InChI=1S/C6H12O.C5H10O/c1-3-5-6(7)4-2;1-3-4-5(2)6/h3-5H2,1-2H3;3-4H2,1-2H3. The van der Waals surface area contributed by atoms with Crippen molar-refractivity contribution in [3.8, 4) is 0 Å². The van der Waals surface area contributed by atoms with Crippen LogP contribution in [0.4, 0.5) is 0 Å². The van der Waals surface area contributed by atoms with E-state index in [2.05, 4.69) is 0 Å². The number of carbonyl (C=O) groups is 2. The average molecular weight is 186 g/mol. The van der Waals surface area contributed by atoms with Crippen LogP contribution in [0.15, 0.2) is 0 Å². The van der Waals surface area contributed by atoms with Crippen LogP contribution in [0.5, 0.6) is 0 Å². The fourth-order valence-corrected chi connectivity index (χ4v) is 0.808. The molecule has 0 aromatic carbocycles. The second kappa shape index (κ2) is 11.3. The molecule has 0 rings (SSSR count). The molecule has 0 aliphatic rings. The third-order valence-electron chi connectivity index (χ3n) is 1.53. The zero-order chi connectivity index (χ0) is 10.7. The summed E-state index contributed by atoms with van der Waals surface area (Å²) < 4.78 is 0. The van der Waals surface area contributed by atoms with Gasteiger partial charge in [0.1, 0.15) is 11.6 Å². The Morgan fingerprint density at radius 3 is 1.46 bits per heavy atom. The predicted molar refractivity (Wildman–Crippen MR) is 55.8 cm³/mol. The summed E-state index contributed by atoms with van der Waals surface area (Å²) in [7, 11) is 0. The van der Waals surface area contributed by atoms with Crippen molar-refractivity contribution in [3.63, 3.8) is 0 Å². The van der Waals surface area contributed by atoms with E-state index in [9.17, 15) is 9.59 Å². The predicted octanol–water partition coefficient (Wildman–Crippen LogP) is 3.14. The van der Waals surface area contributed by atoms with Gasteiger partial charge in [-0.3, -0.25) is 4.79 Å². The van der Waals surface area contributed by atoms with Gasteiger partial charge < -0.3 is 4.79 Å². The highest BCUT2D eigenvalue weighted by atomic mass is 16.1. The maximum Gasteiger partial charge on any atom is 0.132 e. The molecule has 0 heterocycles. The van der Waals surface area contributed by atoms with Crippen molar-refractivity contribution in [2.24, 2.45) is 0 Å². The summed E-state index contributed by atoms with van der Waals surface area (Å²) in [5.41, 5.74) is 0. The SMILES string of the molecule is CCCC(=O)CC.CCCC(C)=O. The molecular weight excluding hydrogens is 164 g/mol. The Morgan fingerprint density at radius 1 is 0.923 bits per heavy atom. The van der Waals surface area contributed by atoms with Gasteiger partial charge in [-0.05, 0) is 19.8 Å². The fraction of sp³-hybridized carbons (Fsp3) is 0.818. The summed E-state index contributed by atoms with van der Waals surface area (Å²) in [4.78, 5) is 20.5. The van der Waals surface area contributed by atoms with Crippen LogP contribution < -0.4 is 0 Å². The highest BCUT2D eigenvalue weighted by Crippen LogP contribution is 1.90. The zero-order valence-electron chi connectivity index (χ0n) is 9.35. The smallest absolute Gasteiger partial charge is 0.132 e. The first kappa shape index (κ1) is 14.8. The van der Waals surface area contributed by atoms with Crippen LogP contribution in [0.1, 0.15) is 59.8 Å². The largest absolute Gasteiger partial charge is 0.300 e. The van der Waals surface area contributed by atoms with Crippen LogP contribution in [0.25, 0.3) is 0 Å². The van der Waals surface area contributed by atoms with Gasteiger partial charge in [0, 0.05) is 19.3 Å². The van der Waals surface area contributed by atoms with Gasteiger partial charge in [0.15, 0.2) is 0 Å². The molecule has 0 bridgehead atoms. The van der Waals surface area contributed by atoms with E-state index >= 15 is 0 Å². The number of Topliss-reactive ketones (excluding diaryl/α,β-unsaturated/α-hetero) is 2. The lowest BCUT2D eigenvalue weighted by molar-refractivity contribution is -0.119. The lowest BCUT2D eigenvalue weighted by Crippen LogP contribution is -1.91. The van der Waals surface area contributed by atoms with E-state index in [0.29, 0.717) is 12.2 Å². The van der Waals surface area contributed by atoms with Crippen LogP contribution >= 0.6 is 0 Å². The lowest BCUT2D eigenvalue weighted by Gasteiger charge is -1.87. The van der Waals surface area contributed by atoms with Crippen molar-refractivity contribution < 1.29 is 9.59 Å². The zero-order valence-corrected chi connectivity index (χ0v) is 9.35. The molecule has 0 saturated carbocycles. The molecule has 0 aliphatic carbocycles.